The Morgan fingerprint density at radius 1 is 1.31 bits per heavy atom. The van der Waals surface area contributed by atoms with Crippen LogP contribution in [0.4, 0.5) is 13.2 Å². The van der Waals surface area contributed by atoms with Gasteiger partial charge in [0.05, 0.1) is 0 Å². The van der Waals surface area contributed by atoms with E-state index in [1.807, 2.05) is 0 Å². The molecule has 1 atom stereocenters. The van der Waals surface area contributed by atoms with Gasteiger partial charge in [-0.05, 0) is 13.3 Å². The van der Waals surface area contributed by atoms with Gasteiger partial charge >= 0.3 is 12.1 Å². The van der Waals surface area contributed by atoms with Gasteiger partial charge in [-0.2, -0.15) is 13.2 Å². The third-order valence-corrected chi connectivity index (χ3v) is 1.80. The van der Waals surface area contributed by atoms with Gasteiger partial charge in [-0.1, -0.05) is 6.92 Å². The fourth-order valence-electron chi connectivity index (χ4n) is 0.473. The van der Waals surface area contributed by atoms with Crippen LogP contribution in [0.2, 0.25) is 0 Å². The summed E-state index contributed by atoms with van der Waals surface area (Å²) in [6, 6.07) is 0. The van der Waals surface area contributed by atoms with E-state index in [0.717, 1.165) is 0 Å². The van der Waals surface area contributed by atoms with Gasteiger partial charge in [-0.3, -0.25) is 4.79 Å². The third-order valence-electron chi connectivity index (χ3n) is 1.80. The average Bonchev–Trinajstić information content (AvgIpc) is 1.83. The first-order valence-electron chi connectivity index (χ1n) is 3.06. The second kappa shape index (κ2) is 6.86. The first kappa shape index (κ1) is 20.0. The van der Waals surface area contributed by atoms with Crippen molar-refractivity contribution in [3.63, 3.8) is 0 Å². The van der Waals surface area contributed by atoms with Crippen molar-refractivity contribution in [2.75, 3.05) is 0 Å². The van der Waals surface area contributed by atoms with Crippen LogP contribution >= 0.6 is 0 Å². The van der Waals surface area contributed by atoms with Crippen molar-refractivity contribution in [3.8, 4) is 0 Å². The zero-order chi connectivity index (χ0) is 9.28. The van der Waals surface area contributed by atoms with Gasteiger partial charge < -0.3 is 5.11 Å². The minimum absolute atomic E-state index is 0. The molecule has 2 radical (unpaired) electrons. The summed E-state index contributed by atoms with van der Waals surface area (Å²) >= 11 is 0. The second-order valence-electron chi connectivity index (χ2n) is 2.49. The topological polar surface area (TPSA) is 37.3 Å². The van der Waals surface area contributed by atoms with Crippen molar-refractivity contribution in [1.82, 2.24) is 0 Å². The van der Waals surface area contributed by atoms with E-state index in [1.165, 1.54) is 6.92 Å². The van der Waals surface area contributed by atoms with Crippen molar-refractivity contribution in [2.24, 2.45) is 5.41 Å². The van der Waals surface area contributed by atoms with Gasteiger partial charge in [0.1, 0.15) is 0 Å². The molecular weight excluding hydrogens is 339 g/mol. The van der Waals surface area contributed by atoms with Crippen LogP contribution < -0.4 is 0 Å². The molecule has 7 heteroatoms. The van der Waals surface area contributed by atoms with Crippen LogP contribution in [0.1, 0.15) is 20.3 Å². The summed E-state index contributed by atoms with van der Waals surface area (Å²) in [6.07, 6.45) is -5.13. The molecule has 0 aromatic heterocycles. The maximum absolute atomic E-state index is 12.0. The number of alkyl halides is 3. The number of carboxylic acids is 1. The molecular formula is C6H9F3O2Y2. The summed E-state index contributed by atoms with van der Waals surface area (Å²) in [6.45, 7) is 1.87. The maximum atomic E-state index is 12.0. The molecule has 1 unspecified atom stereocenters. The van der Waals surface area contributed by atoms with Gasteiger partial charge in [0.15, 0.2) is 5.41 Å². The number of carbonyl (C=O) groups is 1. The predicted molar refractivity (Wildman–Crippen MR) is 32.1 cm³/mol. The Morgan fingerprint density at radius 3 is 1.62 bits per heavy atom. The van der Waals surface area contributed by atoms with Crippen molar-refractivity contribution in [3.05, 3.63) is 0 Å². The van der Waals surface area contributed by atoms with Crippen molar-refractivity contribution in [2.45, 2.75) is 26.4 Å². The largest absolute Gasteiger partial charge is 0.481 e. The summed E-state index contributed by atoms with van der Waals surface area (Å²) in [7, 11) is 0. The number of rotatable bonds is 2. The molecule has 0 aliphatic rings. The first-order chi connectivity index (χ1) is 4.75. The Hall–Kier alpha value is 1.47. The van der Waals surface area contributed by atoms with Crippen molar-refractivity contribution < 1.29 is 88.5 Å². The van der Waals surface area contributed by atoms with Crippen LogP contribution in [-0.2, 0) is 70.2 Å². The zero-order valence-electron chi connectivity index (χ0n) is 7.35. The smallest absolute Gasteiger partial charge is 0.404 e. The predicted octanol–water partition coefficient (Wildman–Crippen LogP) is 2.04. The summed E-state index contributed by atoms with van der Waals surface area (Å²) in [5.41, 5.74) is -2.60. The molecule has 0 heterocycles. The fourth-order valence-corrected chi connectivity index (χ4v) is 0.473. The van der Waals surface area contributed by atoms with Gasteiger partial charge in [0, 0.05) is 65.4 Å². The Labute approximate surface area is 125 Å². The molecule has 1 N–H and O–H groups in total. The molecule has 0 aliphatic carbocycles. The van der Waals surface area contributed by atoms with Crippen LogP contribution in [0.5, 0.6) is 0 Å². The van der Waals surface area contributed by atoms with Gasteiger partial charge in [-0.15, -0.1) is 0 Å². The molecule has 0 saturated heterocycles. The van der Waals surface area contributed by atoms with Crippen LogP contribution in [0.3, 0.4) is 0 Å². The van der Waals surface area contributed by atoms with Crippen LogP contribution in [-0.4, -0.2) is 17.3 Å². The van der Waals surface area contributed by atoms with Gasteiger partial charge in [0.2, 0.25) is 0 Å². The molecule has 0 saturated carbocycles. The molecule has 0 spiro atoms. The Bertz CT molecular complexity index is 172. The normalized spacial score (nSPS) is 14.8. The Kier molecular flexibility index (Phi) is 10.5. The fraction of sp³-hybridized carbons (Fsp3) is 0.833. The average molecular weight is 348 g/mol. The van der Waals surface area contributed by atoms with Crippen molar-refractivity contribution in [1.29, 1.82) is 0 Å². The SMILES string of the molecule is CCC(C)(C(=O)O)C(F)(F)F.[Y].[Y]. The molecule has 0 bridgehead atoms. The van der Waals surface area contributed by atoms with E-state index in [4.69, 9.17) is 5.11 Å². The van der Waals surface area contributed by atoms with Crippen LogP contribution in [0.25, 0.3) is 0 Å². The quantitative estimate of drug-likeness (QED) is 0.830. The van der Waals surface area contributed by atoms with E-state index >= 15 is 0 Å². The van der Waals surface area contributed by atoms with E-state index in [-0.39, 0.29) is 65.4 Å². The van der Waals surface area contributed by atoms with Crippen LogP contribution in [0, 0.1) is 5.41 Å². The van der Waals surface area contributed by atoms with E-state index < -0.39 is 24.0 Å². The summed E-state index contributed by atoms with van der Waals surface area (Å²) in [5, 5.41) is 8.25. The maximum Gasteiger partial charge on any atom is 0.404 e. The zero-order valence-corrected chi connectivity index (χ0v) is 13.0. The number of halogens is 3. The minimum atomic E-state index is -4.67. The summed E-state index contributed by atoms with van der Waals surface area (Å²) in [5.74, 6) is -1.83. The van der Waals surface area contributed by atoms with E-state index in [1.54, 1.807) is 0 Å². The molecule has 0 rings (SSSR count). The molecule has 72 valence electrons. The summed E-state index contributed by atoms with van der Waals surface area (Å²) in [4.78, 5) is 10.2. The number of carboxylic acid groups (broad SMARTS) is 1. The molecule has 2 nitrogen and oxygen atoms in total. The Balaban J connectivity index is -0.000000500. The number of hydrogen-bond donors (Lipinski definition) is 1. The van der Waals surface area contributed by atoms with Gasteiger partial charge in [0.25, 0.3) is 0 Å². The second-order valence-corrected chi connectivity index (χ2v) is 2.49. The molecule has 0 fully saturated rings. The van der Waals surface area contributed by atoms with E-state index in [0.29, 0.717) is 6.92 Å². The summed E-state index contributed by atoms with van der Waals surface area (Å²) < 4.78 is 35.9. The Morgan fingerprint density at radius 2 is 1.62 bits per heavy atom. The molecule has 0 amide bonds. The molecule has 13 heavy (non-hydrogen) atoms. The number of aliphatic carboxylic acids is 1. The molecule has 0 aromatic rings. The van der Waals surface area contributed by atoms with E-state index in [2.05, 4.69) is 0 Å². The number of hydrogen-bond acceptors (Lipinski definition) is 1. The minimum Gasteiger partial charge on any atom is -0.481 e. The molecule has 0 aliphatic heterocycles. The van der Waals surface area contributed by atoms with E-state index in [9.17, 15) is 18.0 Å². The third kappa shape index (κ3) is 4.67. The first-order valence-corrected chi connectivity index (χ1v) is 3.06. The van der Waals surface area contributed by atoms with Crippen LogP contribution in [0.15, 0.2) is 0 Å². The standard InChI is InChI=1S/C6H9F3O2.2Y/c1-3-5(2,4(10)11)6(7,8)9;;/h3H2,1-2H3,(H,10,11);;. The molecule has 0 aromatic carbocycles. The van der Waals surface area contributed by atoms with Crippen molar-refractivity contribution >= 4 is 5.97 Å². The monoisotopic (exact) mass is 348 g/mol. The van der Waals surface area contributed by atoms with Gasteiger partial charge in [-0.25, -0.2) is 0 Å².